The van der Waals surface area contributed by atoms with Gasteiger partial charge in [-0.25, -0.2) is 4.98 Å². The van der Waals surface area contributed by atoms with Crippen LogP contribution in [0, 0.1) is 6.92 Å². The van der Waals surface area contributed by atoms with E-state index in [2.05, 4.69) is 38.3 Å². The minimum absolute atomic E-state index is 0.832. The fraction of sp³-hybridized carbons (Fsp3) is 0.133. The van der Waals surface area contributed by atoms with Crippen molar-refractivity contribution >= 4 is 21.4 Å². The molecule has 3 rings (SSSR count). The number of nitrogens with zero attached hydrogens (tertiary/aromatic N) is 2. The van der Waals surface area contributed by atoms with E-state index < -0.39 is 0 Å². The van der Waals surface area contributed by atoms with E-state index in [1.54, 1.807) is 7.11 Å². The average molecular weight is 317 g/mol. The van der Waals surface area contributed by atoms with Crippen molar-refractivity contribution in [1.82, 2.24) is 9.38 Å². The highest BCUT2D eigenvalue weighted by Crippen LogP contribution is 2.29. The fourth-order valence-corrected chi connectivity index (χ4v) is 2.69. The Morgan fingerprint density at radius 2 is 1.95 bits per heavy atom. The first kappa shape index (κ1) is 12.2. The molecule has 0 saturated carbocycles. The molecule has 0 atom stereocenters. The Morgan fingerprint density at radius 1 is 1.16 bits per heavy atom. The number of methoxy groups -OCH3 is 1. The summed E-state index contributed by atoms with van der Waals surface area (Å²) in [6.45, 7) is 2.07. The maximum atomic E-state index is 5.28. The number of benzene rings is 1. The van der Waals surface area contributed by atoms with Gasteiger partial charge in [-0.1, -0.05) is 18.2 Å². The van der Waals surface area contributed by atoms with Crippen LogP contribution in [0.5, 0.6) is 5.75 Å². The monoisotopic (exact) mass is 316 g/mol. The number of hydrogen-bond acceptors (Lipinski definition) is 2. The zero-order valence-corrected chi connectivity index (χ0v) is 12.3. The second-order valence-electron chi connectivity index (χ2n) is 4.35. The molecule has 96 valence electrons. The Morgan fingerprint density at radius 3 is 2.74 bits per heavy atom. The molecule has 3 aromatic rings. The summed E-state index contributed by atoms with van der Waals surface area (Å²) in [4.78, 5) is 4.62. The minimum Gasteiger partial charge on any atom is -0.497 e. The van der Waals surface area contributed by atoms with Crippen LogP contribution >= 0.6 is 15.9 Å². The summed E-state index contributed by atoms with van der Waals surface area (Å²) in [6.07, 6.45) is 0. The van der Waals surface area contributed by atoms with Crippen LogP contribution in [-0.4, -0.2) is 16.5 Å². The quantitative estimate of drug-likeness (QED) is 0.712. The Labute approximate surface area is 120 Å². The van der Waals surface area contributed by atoms with E-state index >= 15 is 0 Å². The molecule has 2 heterocycles. The van der Waals surface area contributed by atoms with E-state index in [-0.39, 0.29) is 0 Å². The van der Waals surface area contributed by atoms with Gasteiger partial charge in [-0.15, -0.1) is 0 Å². The van der Waals surface area contributed by atoms with E-state index in [1.165, 1.54) is 0 Å². The standard InChI is InChI=1S/C15H13BrN2O/c1-10-5-3-8-13-14(16)17-15(18(10)13)11-6-4-7-12(9-11)19-2/h3-9H,1-2H3. The molecule has 0 unspecified atom stereocenters. The van der Waals surface area contributed by atoms with Crippen molar-refractivity contribution in [3.8, 4) is 17.1 Å². The normalized spacial score (nSPS) is 10.9. The summed E-state index contributed by atoms with van der Waals surface area (Å²) >= 11 is 3.52. The molecule has 0 aliphatic rings. The molecule has 0 amide bonds. The summed E-state index contributed by atoms with van der Waals surface area (Å²) in [5, 5.41) is 0. The summed E-state index contributed by atoms with van der Waals surface area (Å²) < 4.78 is 8.27. The molecule has 0 bridgehead atoms. The van der Waals surface area contributed by atoms with Crippen molar-refractivity contribution in [1.29, 1.82) is 0 Å². The molecule has 1 aromatic carbocycles. The van der Waals surface area contributed by atoms with Crippen molar-refractivity contribution in [2.45, 2.75) is 6.92 Å². The number of aryl methyl sites for hydroxylation is 1. The van der Waals surface area contributed by atoms with E-state index in [0.717, 1.165) is 33.0 Å². The van der Waals surface area contributed by atoms with Crippen molar-refractivity contribution in [2.24, 2.45) is 0 Å². The molecule has 0 fully saturated rings. The summed E-state index contributed by atoms with van der Waals surface area (Å²) in [5.41, 5.74) is 3.25. The van der Waals surface area contributed by atoms with Gasteiger partial charge in [-0.2, -0.15) is 0 Å². The lowest BCUT2D eigenvalue weighted by molar-refractivity contribution is 0.415. The molecule has 0 saturated heterocycles. The number of halogens is 1. The van der Waals surface area contributed by atoms with Crippen LogP contribution < -0.4 is 4.74 Å². The van der Waals surface area contributed by atoms with E-state index in [4.69, 9.17) is 4.74 Å². The van der Waals surface area contributed by atoms with Crippen LogP contribution in [0.4, 0.5) is 0 Å². The van der Waals surface area contributed by atoms with Crippen LogP contribution in [0.25, 0.3) is 16.9 Å². The smallest absolute Gasteiger partial charge is 0.146 e. The Balaban J connectivity index is 2.30. The zero-order chi connectivity index (χ0) is 13.4. The summed E-state index contributed by atoms with van der Waals surface area (Å²) in [7, 11) is 1.67. The van der Waals surface area contributed by atoms with E-state index in [0.29, 0.717) is 0 Å². The van der Waals surface area contributed by atoms with Gasteiger partial charge >= 0.3 is 0 Å². The number of hydrogen-bond donors (Lipinski definition) is 0. The highest BCUT2D eigenvalue weighted by atomic mass is 79.9. The van der Waals surface area contributed by atoms with E-state index in [9.17, 15) is 0 Å². The van der Waals surface area contributed by atoms with Gasteiger partial charge < -0.3 is 4.74 Å². The number of rotatable bonds is 2. The molecule has 0 aliphatic carbocycles. The molecule has 19 heavy (non-hydrogen) atoms. The average Bonchev–Trinajstić information content (AvgIpc) is 2.78. The molecule has 0 N–H and O–H groups in total. The minimum atomic E-state index is 0.832. The van der Waals surface area contributed by atoms with Gasteiger partial charge in [0.2, 0.25) is 0 Å². The Hall–Kier alpha value is -1.81. The molecule has 0 spiro atoms. The third kappa shape index (κ3) is 2.02. The summed E-state index contributed by atoms with van der Waals surface area (Å²) in [6, 6.07) is 14.1. The number of pyridine rings is 1. The maximum Gasteiger partial charge on any atom is 0.146 e. The SMILES string of the molecule is COc1cccc(-c2nc(Br)c3cccc(C)n23)c1. The second-order valence-corrected chi connectivity index (χ2v) is 5.10. The third-order valence-corrected chi connectivity index (χ3v) is 3.72. The van der Waals surface area contributed by atoms with Gasteiger partial charge in [0.15, 0.2) is 0 Å². The summed E-state index contributed by atoms with van der Waals surface area (Å²) in [5.74, 6) is 1.75. The Kier molecular flexibility index (Phi) is 3.03. The van der Waals surface area contributed by atoms with Crippen LogP contribution in [0.2, 0.25) is 0 Å². The first-order valence-corrected chi connectivity index (χ1v) is 6.78. The first-order valence-electron chi connectivity index (χ1n) is 5.98. The third-order valence-electron chi connectivity index (χ3n) is 3.14. The predicted octanol–water partition coefficient (Wildman–Crippen LogP) is 4.08. The zero-order valence-electron chi connectivity index (χ0n) is 10.7. The van der Waals surface area contributed by atoms with Crippen LogP contribution in [0.1, 0.15) is 5.69 Å². The van der Waals surface area contributed by atoms with Crippen molar-refractivity contribution in [3.63, 3.8) is 0 Å². The lowest BCUT2D eigenvalue weighted by Gasteiger charge is -2.06. The largest absolute Gasteiger partial charge is 0.497 e. The van der Waals surface area contributed by atoms with Gasteiger partial charge in [0.1, 0.15) is 16.2 Å². The van der Waals surface area contributed by atoms with Crippen LogP contribution in [0.3, 0.4) is 0 Å². The van der Waals surface area contributed by atoms with Crippen LogP contribution in [-0.2, 0) is 0 Å². The predicted molar refractivity (Wildman–Crippen MR) is 79.6 cm³/mol. The molecule has 2 aromatic heterocycles. The van der Waals surface area contributed by atoms with Gasteiger partial charge in [0.05, 0.1) is 12.6 Å². The lowest BCUT2D eigenvalue weighted by atomic mass is 10.2. The number of imidazole rings is 1. The van der Waals surface area contributed by atoms with Crippen molar-refractivity contribution < 1.29 is 4.74 Å². The number of aromatic nitrogens is 2. The van der Waals surface area contributed by atoms with E-state index in [1.807, 2.05) is 36.4 Å². The van der Waals surface area contributed by atoms with Gasteiger partial charge in [0.25, 0.3) is 0 Å². The topological polar surface area (TPSA) is 26.5 Å². The molecule has 3 nitrogen and oxygen atoms in total. The highest BCUT2D eigenvalue weighted by Gasteiger charge is 2.12. The fourth-order valence-electron chi connectivity index (χ4n) is 2.22. The first-order chi connectivity index (χ1) is 9.20. The molecule has 0 radical (unpaired) electrons. The Bertz CT molecular complexity index is 749. The molecule has 4 heteroatoms. The van der Waals surface area contributed by atoms with Gasteiger partial charge in [-0.05, 0) is 47.1 Å². The second kappa shape index (κ2) is 4.70. The van der Waals surface area contributed by atoms with Crippen LogP contribution in [0.15, 0.2) is 47.1 Å². The van der Waals surface area contributed by atoms with Gasteiger partial charge in [-0.3, -0.25) is 4.40 Å². The highest BCUT2D eigenvalue weighted by molar-refractivity contribution is 9.10. The molecular weight excluding hydrogens is 304 g/mol. The van der Waals surface area contributed by atoms with Crippen molar-refractivity contribution in [3.05, 3.63) is 52.8 Å². The maximum absolute atomic E-state index is 5.28. The number of fused-ring (bicyclic) bond motifs is 1. The molecule has 0 aliphatic heterocycles. The van der Waals surface area contributed by atoms with Gasteiger partial charge in [0, 0.05) is 11.3 Å². The lowest BCUT2D eigenvalue weighted by Crippen LogP contribution is -1.94. The van der Waals surface area contributed by atoms with Crippen molar-refractivity contribution in [2.75, 3.05) is 7.11 Å². The number of ether oxygens (including phenoxy) is 1. The molecular formula is C15H13BrN2O.